The molecule has 0 atom stereocenters. The number of aldehydes is 1. The lowest BCUT2D eigenvalue weighted by molar-refractivity contribution is -0.116. The second-order valence-electron chi connectivity index (χ2n) is 3.75. The van der Waals surface area contributed by atoms with Gasteiger partial charge in [0.05, 0.1) is 0 Å². The van der Waals surface area contributed by atoms with E-state index in [4.69, 9.17) is 0 Å². The maximum atomic E-state index is 11.5. The van der Waals surface area contributed by atoms with Crippen LogP contribution in [0.25, 0.3) is 0 Å². The number of carbonyl (C=O) groups excluding carboxylic acids is 2. The van der Waals surface area contributed by atoms with Crippen LogP contribution in [0, 0.1) is 0 Å². The molecule has 86 valence electrons. The Morgan fingerprint density at radius 1 is 1.38 bits per heavy atom. The normalized spacial score (nSPS) is 9.81. The topological polar surface area (TPSA) is 46.2 Å². The van der Waals surface area contributed by atoms with Crippen LogP contribution in [0.2, 0.25) is 0 Å². The summed E-state index contributed by atoms with van der Waals surface area (Å²) in [6.45, 7) is 2.10. The smallest absolute Gasteiger partial charge is 0.224 e. The highest BCUT2D eigenvalue weighted by Crippen LogP contribution is 2.10. The average Bonchev–Trinajstić information content (AvgIpc) is 2.29. The first-order valence-electron chi connectivity index (χ1n) is 5.61. The summed E-state index contributed by atoms with van der Waals surface area (Å²) in [4.78, 5) is 22.0. The number of benzene rings is 1. The van der Waals surface area contributed by atoms with Crippen molar-refractivity contribution < 1.29 is 9.59 Å². The van der Waals surface area contributed by atoms with E-state index in [-0.39, 0.29) is 5.91 Å². The molecule has 3 heteroatoms. The first kappa shape index (κ1) is 12.4. The van der Waals surface area contributed by atoms with Crippen molar-refractivity contribution in [1.82, 2.24) is 0 Å². The molecule has 1 aromatic carbocycles. The van der Waals surface area contributed by atoms with Crippen LogP contribution >= 0.6 is 0 Å². The van der Waals surface area contributed by atoms with E-state index in [2.05, 4.69) is 12.2 Å². The van der Waals surface area contributed by atoms with E-state index in [1.165, 1.54) is 0 Å². The standard InChI is InChI=1S/C13H17NO2/c1-2-3-4-8-13(16)14-12-7-5-6-11(9-12)10-15/h5-7,9-10H,2-4,8H2,1H3,(H,14,16). The third kappa shape index (κ3) is 4.26. The summed E-state index contributed by atoms with van der Waals surface area (Å²) in [5.41, 5.74) is 1.26. The van der Waals surface area contributed by atoms with E-state index in [1.807, 2.05) is 0 Å². The number of anilines is 1. The number of rotatable bonds is 6. The fraction of sp³-hybridized carbons (Fsp3) is 0.385. The summed E-state index contributed by atoms with van der Waals surface area (Å²) in [7, 11) is 0. The third-order valence-electron chi connectivity index (χ3n) is 2.31. The van der Waals surface area contributed by atoms with Crippen molar-refractivity contribution in [3.63, 3.8) is 0 Å². The van der Waals surface area contributed by atoms with E-state index in [0.29, 0.717) is 17.7 Å². The van der Waals surface area contributed by atoms with Gasteiger partial charge in [0.1, 0.15) is 6.29 Å². The minimum absolute atomic E-state index is 0.0106. The third-order valence-corrected chi connectivity index (χ3v) is 2.31. The lowest BCUT2D eigenvalue weighted by Crippen LogP contribution is -2.11. The molecule has 0 aliphatic carbocycles. The van der Waals surface area contributed by atoms with Crippen LogP contribution in [-0.2, 0) is 4.79 Å². The summed E-state index contributed by atoms with van der Waals surface area (Å²) in [6, 6.07) is 6.92. The largest absolute Gasteiger partial charge is 0.326 e. The predicted molar refractivity (Wildman–Crippen MR) is 64.6 cm³/mol. The van der Waals surface area contributed by atoms with Crippen LogP contribution in [0.3, 0.4) is 0 Å². The monoisotopic (exact) mass is 219 g/mol. The predicted octanol–water partition coefficient (Wildman–Crippen LogP) is 3.02. The second-order valence-corrected chi connectivity index (χ2v) is 3.75. The van der Waals surface area contributed by atoms with E-state index < -0.39 is 0 Å². The lowest BCUT2D eigenvalue weighted by atomic mass is 10.2. The highest BCUT2D eigenvalue weighted by atomic mass is 16.1. The molecular weight excluding hydrogens is 202 g/mol. The van der Waals surface area contributed by atoms with E-state index in [1.54, 1.807) is 24.3 Å². The Bertz CT molecular complexity index is 361. The first-order valence-corrected chi connectivity index (χ1v) is 5.61. The van der Waals surface area contributed by atoms with Crippen LogP contribution in [0.5, 0.6) is 0 Å². The lowest BCUT2D eigenvalue weighted by Gasteiger charge is -2.05. The van der Waals surface area contributed by atoms with Gasteiger partial charge in [0.15, 0.2) is 0 Å². The zero-order valence-electron chi connectivity index (χ0n) is 9.53. The highest BCUT2D eigenvalue weighted by molar-refractivity contribution is 5.91. The number of hydrogen-bond acceptors (Lipinski definition) is 2. The molecule has 0 unspecified atom stereocenters. The van der Waals surface area contributed by atoms with Gasteiger partial charge in [-0.15, -0.1) is 0 Å². The van der Waals surface area contributed by atoms with Crippen LogP contribution < -0.4 is 5.32 Å². The highest BCUT2D eigenvalue weighted by Gasteiger charge is 2.02. The average molecular weight is 219 g/mol. The van der Waals surface area contributed by atoms with Crippen LogP contribution in [0.4, 0.5) is 5.69 Å². The molecule has 16 heavy (non-hydrogen) atoms. The van der Waals surface area contributed by atoms with E-state index in [0.717, 1.165) is 25.5 Å². The summed E-state index contributed by atoms with van der Waals surface area (Å²) < 4.78 is 0. The molecular formula is C13H17NO2. The Kier molecular flexibility index (Phi) is 5.26. The van der Waals surface area contributed by atoms with Gasteiger partial charge < -0.3 is 5.32 Å². The Morgan fingerprint density at radius 2 is 2.19 bits per heavy atom. The molecule has 0 bridgehead atoms. The van der Waals surface area contributed by atoms with E-state index in [9.17, 15) is 9.59 Å². The van der Waals surface area contributed by atoms with Crippen LogP contribution in [0.15, 0.2) is 24.3 Å². The molecule has 1 amide bonds. The van der Waals surface area contributed by atoms with Gasteiger partial charge >= 0.3 is 0 Å². The summed E-state index contributed by atoms with van der Waals surface area (Å²) in [5.74, 6) is 0.0106. The molecule has 0 aliphatic rings. The van der Waals surface area contributed by atoms with Crippen molar-refractivity contribution in [2.24, 2.45) is 0 Å². The molecule has 0 radical (unpaired) electrons. The zero-order chi connectivity index (χ0) is 11.8. The number of carbonyl (C=O) groups is 2. The molecule has 0 heterocycles. The van der Waals surface area contributed by atoms with Gasteiger partial charge in [0.25, 0.3) is 0 Å². The molecule has 1 N–H and O–H groups in total. The van der Waals surface area contributed by atoms with E-state index >= 15 is 0 Å². The number of nitrogens with one attached hydrogen (secondary N) is 1. The maximum Gasteiger partial charge on any atom is 0.224 e. The van der Waals surface area contributed by atoms with Gasteiger partial charge in [-0.05, 0) is 18.6 Å². The Labute approximate surface area is 95.9 Å². The summed E-state index contributed by atoms with van der Waals surface area (Å²) >= 11 is 0. The Hall–Kier alpha value is -1.64. The molecule has 0 aliphatic heterocycles. The fourth-order valence-electron chi connectivity index (χ4n) is 1.45. The molecule has 3 nitrogen and oxygen atoms in total. The van der Waals surface area contributed by atoms with Gasteiger partial charge in [0, 0.05) is 17.7 Å². The van der Waals surface area contributed by atoms with Gasteiger partial charge in [-0.1, -0.05) is 31.9 Å². The Balaban J connectivity index is 2.46. The fourth-order valence-corrected chi connectivity index (χ4v) is 1.45. The van der Waals surface area contributed by atoms with Crippen molar-refractivity contribution in [3.05, 3.63) is 29.8 Å². The van der Waals surface area contributed by atoms with Crippen molar-refractivity contribution in [2.75, 3.05) is 5.32 Å². The molecule has 0 aromatic heterocycles. The molecule has 0 fully saturated rings. The van der Waals surface area contributed by atoms with Gasteiger partial charge in [0.2, 0.25) is 5.91 Å². The number of unbranched alkanes of at least 4 members (excludes halogenated alkanes) is 2. The second kappa shape index (κ2) is 6.77. The summed E-state index contributed by atoms with van der Waals surface area (Å²) in [6.07, 6.45) is 4.40. The first-order chi connectivity index (χ1) is 7.76. The molecule has 0 saturated carbocycles. The van der Waals surface area contributed by atoms with Crippen molar-refractivity contribution >= 4 is 17.9 Å². The molecule has 0 spiro atoms. The van der Waals surface area contributed by atoms with Gasteiger partial charge in [-0.2, -0.15) is 0 Å². The number of amides is 1. The molecule has 1 aromatic rings. The van der Waals surface area contributed by atoms with Crippen LogP contribution in [-0.4, -0.2) is 12.2 Å². The van der Waals surface area contributed by atoms with Gasteiger partial charge in [-0.25, -0.2) is 0 Å². The van der Waals surface area contributed by atoms with Crippen molar-refractivity contribution in [2.45, 2.75) is 32.6 Å². The van der Waals surface area contributed by atoms with Crippen molar-refractivity contribution in [1.29, 1.82) is 0 Å². The maximum absolute atomic E-state index is 11.5. The zero-order valence-corrected chi connectivity index (χ0v) is 9.53. The van der Waals surface area contributed by atoms with Gasteiger partial charge in [-0.3, -0.25) is 9.59 Å². The number of hydrogen-bond donors (Lipinski definition) is 1. The Morgan fingerprint density at radius 3 is 2.88 bits per heavy atom. The van der Waals surface area contributed by atoms with Crippen molar-refractivity contribution in [3.8, 4) is 0 Å². The SMILES string of the molecule is CCCCCC(=O)Nc1cccc(C=O)c1. The summed E-state index contributed by atoms with van der Waals surface area (Å²) in [5, 5.41) is 2.78. The minimum atomic E-state index is 0.0106. The quantitative estimate of drug-likeness (QED) is 0.590. The molecule has 1 rings (SSSR count). The molecule has 0 saturated heterocycles. The minimum Gasteiger partial charge on any atom is -0.326 e. The van der Waals surface area contributed by atoms with Crippen LogP contribution in [0.1, 0.15) is 43.0 Å².